The molecule has 76 valence electrons. The molecule has 14 heavy (non-hydrogen) atoms. The average Bonchev–Trinajstić information content (AvgIpc) is 2.65. The lowest BCUT2D eigenvalue weighted by Crippen LogP contribution is -2.06. The molecule has 0 radical (unpaired) electrons. The number of hydrogen-bond donors (Lipinski definition) is 1. The zero-order chi connectivity index (χ0) is 9.97. The van der Waals surface area contributed by atoms with Crippen LogP contribution in [0.15, 0.2) is 33.1 Å². The Hall–Kier alpha value is -0.740. The normalized spacial score (nSPS) is 18.6. The molecular weight excluding hydrogens is 248 g/mol. The first-order valence-electron chi connectivity index (χ1n) is 4.51. The van der Waals surface area contributed by atoms with Gasteiger partial charge >= 0.3 is 0 Å². The fourth-order valence-electron chi connectivity index (χ4n) is 1.44. The number of ether oxygens (including phenoxy) is 1. The topological polar surface area (TPSA) is 42.6 Å². The molecule has 1 aromatic heterocycles. The number of furan rings is 1. The molecule has 1 aliphatic rings. The molecule has 1 unspecified atom stereocenters. The summed E-state index contributed by atoms with van der Waals surface area (Å²) in [6, 6.07) is 3.52. The van der Waals surface area contributed by atoms with Gasteiger partial charge in [0.05, 0.1) is 12.9 Å². The van der Waals surface area contributed by atoms with Gasteiger partial charge in [-0.2, -0.15) is 0 Å². The van der Waals surface area contributed by atoms with Crippen LogP contribution in [0.2, 0.25) is 0 Å². The number of halogens is 1. The maximum Gasteiger partial charge on any atom is 0.169 e. The van der Waals surface area contributed by atoms with Crippen molar-refractivity contribution >= 4 is 15.9 Å². The van der Waals surface area contributed by atoms with E-state index in [4.69, 9.17) is 9.15 Å². The molecule has 0 saturated heterocycles. The van der Waals surface area contributed by atoms with Gasteiger partial charge in [-0.1, -0.05) is 0 Å². The second-order valence-corrected chi connectivity index (χ2v) is 3.99. The number of aliphatic hydroxyl groups is 1. The maximum atomic E-state index is 9.90. The van der Waals surface area contributed by atoms with Gasteiger partial charge in [0.25, 0.3) is 0 Å². The van der Waals surface area contributed by atoms with Crippen molar-refractivity contribution in [3.63, 3.8) is 0 Å². The monoisotopic (exact) mass is 258 g/mol. The Morgan fingerprint density at radius 2 is 2.29 bits per heavy atom. The highest BCUT2D eigenvalue weighted by Crippen LogP contribution is 2.29. The minimum absolute atomic E-state index is 0.550. The van der Waals surface area contributed by atoms with E-state index in [1.807, 2.05) is 0 Å². The predicted molar refractivity (Wildman–Crippen MR) is 54.6 cm³/mol. The molecule has 3 nitrogen and oxygen atoms in total. The van der Waals surface area contributed by atoms with E-state index in [-0.39, 0.29) is 0 Å². The zero-order valence-electron chi connectivity index (χ0n) is 7.57. The molecule has 0 bridgehead atoms. The van der Waals surface area contributed by atoms with E-state index in [1.165, 1.54) is 0 Å². The summed E-state index contributed by atoms with van der Waals surface area (Å²) in [4.78, 5) is 0. The van der Waals surface area contributed by atoms with E-state index in [1.54, 1.807) is 18.4 Å². The smallest absolute Gasteiger partial charge is 0.169 e. The molecule has 2 rings (SSSR count). The zero-order valence-corrected chi connectivity index (χ0v) is 9.16. The molecule has 1 aromatic rings. The summed E-state index contributed by atoms with van der Waals surface area (Å²) >= 11 is 3.20. The standard InChI is InChI=1S/C10H11BrO3/c11-9-4-3-8(14-9)10(12)7-2-1-5-13-6-7/h3-4,6,10,12H,1-2,5H2. The molecule has 4 heteroatoms. The summed E-state index contributed by atoms with van der Waals surface area (Å²) in [6.07, 6.45) is 2.76. The molecule has 0 spiro atoms. The fraction of sp³-hybridized carbons (Fsp3) is 0.400. The average molecular weight is 259 g/mol. The van der Waals surface area contributed by atoms with Gasteiger partial charge in [0, 0.05) is 5.57 Å². The molecule has 1 N–H and O–H groups in total. The van der Waals surface area contributed by atoms with Gasteiger partial charge < -0.3 is 14.3 Å². The molecule has 0 aromatic carbocycles. The fourth-order valence-corrected chi connectivity index (χ4v) is 1.76. The third-order valence-corrected chi connectivity index (χ3v) is 2.60. The van der Waals surface area contributed by atoms with E-state index in [2.05, 4.69) is 15.9 Å². The van der Waals surface area contributed by atoms with Gasteiger partial charge in [-0.05, 0) is 40.9 Å². The quantitative estimate of drug-likeness (QED) is 0.887. The SMILES string of the molecule is OC(C1=COCCC1)c1ccc(Br)o1. The van der Waals surface area contributed by atoms with Gasteiger partial charge in [0.1, 0.15) is 11.9 Å². The van der Waals surface area contributed by atoms with Crippen LogP contribution in [0.5, 0.6) is 0 Å². The first kappa shape index (κ1) is 9.80. The van der Waals surface area contributed by atoms with Crippen molar-refractivity contribution in [2.75, 3.05) is 6.61 Å². The van der Waals surface area contributed by atoms with Crippen molar-refractivity contribution in [3.8, 4) is 0 Å². The van der Waals surface area contributed by atoms with E-state index in [9.17, 15) is 5.11 Å². The van der Waals surface area contributed by atoms with Crippen molar-refractivity contribution in [2.24, 2.45) is 0 Å². The molecule has 1 atom stereocenters. The lowest BCUT2D eigenvalue weighted by atomic mass is 10.0. The second-order valence-electron chi connectivity index (χ2n) is 3.21. The van der Waals surface area contributed by atoms with Gasteiger partial charge in [-0.15, -0.1) is 0 Å². The third kappa shape index (κ3) is 2.01. The van der Waals surface area contributed by atoms with Crippen molar-refractivity contribution in [2.45, 2.75) is 18.9 Å². The van der Waals surface area contributed by atoms with Gasteiger partial charge in [0.2, 0.25) is 0 Å². The Balaban J connectivity index is 2.14. The second kappa shape index (κ2) is 4.19. The first-order valence-corrected chi connectivity index (χ1v) is 5.30. The van der Waals surface area contributed by atoms with Crippen LogP contribution in [-0.2, 0) is 4.74 Å². The summed E-state index contributed by atoms with van der Waals surface area (Å²) in [5.74, 6) is 0.550. The van der Waals surface area contributed by atoms with Crippen LogP contribution in [0.3, 0.4) is 0 Å². The number of hydrogen-bond acceptors (Lipinski definition) is 3. The van der Waals surface area contributed by atoms with E-state index in [0.717, 1.165) is 25.0 Å². The Kier molecular flexibility index (Phi) is 2.93. The Bertz CT molecular complexity index is 343. The molecular formula is C10H11BrO3. The van der Waals surface area contributed by atoms with E-state index < -0.39 is 6.10 Å². The third-order valence-electron chi connectivity index (χ3n) is 2.18. The Morgan fingerprint density at radius 3 is 2.86 bits per heavy atom. The first-order chi connectivity index (χ1) is 6.77. The minimum atomic E-state index is -0.679. The summed E-state index contributed by atoms with van der Waals surface area (Å²) in [7, 11) is 0. The van der Waals surface area contributed by atoms with Crippen LogP contribution in [-0.4, -0.2) is 11.7 Å². The van der Waals surface area contributed by atoms with Gasteiger partial charge in [-0.3, -0.25) is 0 Å². The maximum absolute atomic E-state index is 9.90. The van der Waals surface area contributed by atoms with Gasteiger partial charge in [0.15, 0.2) is 4.67 Å². The molecule has 0 fully saturated rings. The minimum Gasteiger partial charge on any atom is -0.501 e. The summed E-state index contributed by atoms with van der Waals surface area (Å²) < 4.78 is 11.1. The molecule has 0 aliphatic carbocycles. The van der Waals surface area contributed by atoms with Crippen molar-refractivity contribution < 1.29 is 14.3 Å². The lowest BCUT2D eigenvalue weighted by Gasteiger charge is -2.17. The lowest BCUT2D eigenvalue weighted by molar-refractivity contribution is 0.151. The largest absolute Gasteiger partial charge is 0.501 e. The predicted octanol–water partition coefficient (Wildman–Crippen LogP) is 2.77. The van der Waals surface area contributed by atoms with Gasteiger partial charge in [-0.25, -0.2) is 0 Å². The van der Waals surface area contributed by atoms with Crippen molar-refractivity contribution in [1.82, 2.24) is 0 Å². The van der Waals surface area contributed by atoms with Crippen molar-refractivity contribution in [3.05, 3.63) is 34.4 Å². The summed E-state index contributed by atoms with van der Waals surface area (Å²) in [5, 5.41) is 9.90. The highest BCUT2D eigenvalue weighted by atomic mass is 79.9. The van der Waals surface area contributed by atoms with E-state index in [0.29, 0.717) is 10.4 Å². The van der Waals surface area contributed by atoms with E-state index >= 15 is 0 Å². The number of aliphatic hydroxyl groups excluding tert-OH is 1. The molecule has 2 heterocycles. The van der Waals surface area contributed by atoms with Crippen LogP contribution in [0.1, 0.15) is 24.7 Å². The summed E-state index contributed by atoms with van der Waals surface area (Å²) in [5.41, 5.74) is 0.873. The summed E-state index contributed by atoms with van der Waals surface area (Å²) in [6.45, 7) is 0.734. The molecule has 1 aliphatic heterocycles. The van der Waals surface area contributed by atoms with Crippen LogP contribution in [0.25, 0.3) is 0 Å². The van der Waals surface area contributed by atoms with Crippen LogP contribution in [0, 0.1) is 0 Å². The van der Waals surface area contributed by atoms with Crippen LogP contribution >= 0.6 is 15.9 Å². The number of rotatable bonds is 2. The van der Waals surface area contributed by atoms with Crippen LogP contribution < -0.4 is 0 Å². The highest BCUT2D eigenvalue weighted by Gasteiger charge is 2.19. The molecule has 0 saturated carbocycles. The Morgan fingerprint density at radius 1 is 1.43 bits per heavy atom. The Labute approximate surface area is 90.5 Å². The highest BCUT2D eigenvalue weighted by molar-refractivity contribution is 9.10. The van der Waals surface area contributed by atoms with Crippen molar-refractivity contribution in [1.29, 1.82) is 0 Å². The van der Waals surface area contributed by atoms with Crippen LogP contribution in [0.4, 0.5) is 0 Å². The molecule has 0 amide bonds.